The molecule has 0 aliphatic carbocycles. The molecule has 0 spiro atoms. The molecule has 0 saturated carbocycles. The van der Waals surface area contributed by atoms with Crippen molar-refractivity contribution in [1.29, 1.82) is 0 Å². The average Bonchev–Trinajstić information content (AvgIpc) is 2.77. The Bertz CT molecular complexity index is 844. The van der Waals surface area contributed by atoms with Crippen LogP contribution in [0.3, 0.4) is 0 Å². The maximum Gasteiger partial charge on any atom is 0.408 e. The van der Waals surface area contributed by atoms with Crippen LogP contribution in [0, 0.1) is 0 Å². The molecular weight excluding hydrogens is 408 g/mol. The van der Waals surface area contributed by atoms with Gasteiger partial charge >= 0.3 is 12.1 Å². The van der Waals surface area contributed by atoms with Crippen LogP contribution in [0.5, 0.6) is 5.75 Å². The average molecular weight is 432 g/mol. The largest absolute Gasteiger partial charge is 0.445 e. The number of carbonyl (C=O) groups is 3. The van der Waals surface area contributed by atoms with Crippen LogP contribution in [0.2, 0.25) is 0 Å². The summed E-state index contributed by atoms with van der Waals surface area (Å²) in [5.41, 5.74) is 0.777. The van der Waals surface area contributed by atoms with Crippen molar-refractivity contribution in [3.8, 4) is 5.75 Å². The van der Waals surface area contributed by atoms with Gasteiger partial charge in [-0.3, -0.25) is 4.79 Å². The Balaban J connectivity index is 1.82. The summed E-state index contributed by atoms with van der Waals surface area (Å²) in [6, 6.07) is 13.7. The molecule has 0 aromatic heterocycles. The summed E-state index contributed by atoms with van der Waals surface area (Å²) in [7, 11) is 0. The summed E-state index contributed by atoms with van der Waals surface area (Å²) < 4.78 is 10.2. The van der Waals surface area contributed by atoms with Crippen molar-refractivity contribution < 1.29 is 29.0 Å². The molecule has 9 heteroatoms. The van der Waals surface area contributed by atoms with Crippen molar-refractivity contribution in [2.75, 3.05) is 12.9 Å². The van der Waals surface area contributed by atoms with Crippen LogP contribution < -0.4 is 15.4 Å². The fourth-order valence-electron chi connectivity index (χ4n) is 2.32. The van der Waals surface area contributed by atoms with Gasteiger partial charge in [0.05, 0.1) is 6.61 Å². The number of rotatable bonds is 9. The molecule has 8 nitrogen and oxygen atoms in total. The molecule has 0 saturated heterocycles. The smallest absolute Gasteiger partial charge is 0.408 e. The van der Waals surface area contributed by atoms with E-state index in [0.29, 0.717) is 5.75 Å². The monoisotopic (exact) mass is 432 g/mol. The maximum absolute atomic E-state index is 12.3. The quantitative estimate of drug-likeness (QED) is 0.316. The van der Waals surface area contributed by atoms with Gasteiger partial charge in [0.1, 0.15) is 24.4 Å². The summed E-state index contributed by atoms with van der Waals surface area (Å²) in [5, 5.41) is 14.1. The van der Waals surface area contributed by atoms with Gasteiger partial charge in [0.15, 0.2) is 0 Å². The number of amides is 2. The highest BCUT2D eigenvalue weighted by atomic mass is 32.2. The second-order valence-corrected chi connectivity index (χ2v) is 7.15. The fraction of sp³-hybridized carbons (Fsp3) is 0.286. The van der Waals surface area contributed by atoms with Crippen molar-refractivity contribution >= 4 is 29.7 Å². The highest BCUT2D eigenvalue weighted by Gasteiger charge is 2.25. The fourth-order valence-corrected chi connectivity index (χ4v) is 2.73. The third-order valence-corrected chi connectivity index (χ3v) is 4.74. The van der Waals surface area contributed by atoms with Crippen molar-refractivity contribution in [1.82, 2.24) is 10.6 Å². The van der Waals surface area contributed by atoms with Crippen molar-refractivity contribution in [2.45, 2.75) is 30.5 Å². The zero-order valence-electron chi connectivity index (χ0n) is 16.7. The van der Waals surface area contributed by atoms with Gasteiger partial charge in [-0.1, -0.05) is 30.3 Å². The minimum Gasteiger partial charge on any atom is -0.445 e. The van der Waals surface area contributed by atoms with Crippen LogP contribution in [0.25, 0.3) is 0 Å². The zero-order chi connectivity index (χ0) is 21.9. The number of carbonyl (C=O) groups excluding carboxylic acids is 3. The van der Waals surface area contributed by atoms with E-state index in [1.807, 2.05) is 24.5 Å². The van der Waals surface area contributed by atoms with Crippen molar-refractivity contribution in [3.05, 3.63) is 60.2 Å². The van der Waals surface area contributed by atoms with Crippen molar-refractivity contribution in [3.63, 3.8) is 0 Å². The number of hydrogen-bond donors (Lipinski definition) is 3. The van der Waals surface area contributed by atoms with Gasteiger partial charge in [-0.25, -0.2) is 9.59 Å². The first-order valence-corrected chi connectivity index (χ1v) is 10.4. The predicted molar refractivity (Wildman–Crippen MR) is 112 cm³/mol. The van der Waals surface area contributed by atoms with E-state index in [4.69, 9.17) is 9.47 Å². The summed E-state index contributed by atoms with van der Waals surface area (Å²) in [6.07, 6.45) is 1.07. The first kappa shape index (κ1) is 23.2. The number of alkyl carbamates (subject to hydrolysis) is 1. The summed E-state index contributed by atoms with van der Waals surface area (Å²) in [5.74, 6) is -1.07. The van der Waals surface area contributed by atoms with Gasteiger partial charge < -0.3 is 25.2 Å². The lowest BCUT2D eigenvalue weighted by Gasteiger charge is -2.19. The summed E-state index contributed by atoms with van der Waals surface area (Å²) >= 11 is 1.56. The van der Waals surface area contributed by atoms with Crippen LogP contribution in [-0.4, -0.2) is 48.0 Å². The van der Waals surface area contributed by atoms with Crippen LogP contribution in [0.1, 0.15) is 12.5 Å². The molecule has 2 aromatic carbocycles. The van der Waals surface area contributed by atoms with Crippen LogP contribution in [0.4, 0.5) is 4.79 Å². The number of esters is 1. The molecule has 0 aliphatic heterocycles. The van der Waals surface area contributed by atoms with Crippen LogP contribution in [0.15, 0.2) is 59.5 Å². The van der Waals surface area contributed by atoms with Crippen LogP contribution >= 0.6 is 11.8 Å². The number of benzene rings is 2. The van der Waals surface area contributed by atoms with Gasteiger partial charge in [0.2, 0.25) is 5.91 Å². The molecule has 0 radical (unpaired) electrons. The molecule has 0 heterocycles. The summed E-state index contributed by atoms with van der Waals surface area (Å²) in [6.45, 7) is 0.799. The number of nitrogens with one attached hydrogen (secondary N) is 2. The highest BCUT2D eigenvalue weighted by molar-refractivity contribution is 7.98. The Kier molecular flexibility index (Phi) is 9.17. The van der Waals surface area contributed by atoms with E-state index in [2.05, 4.69) is 10.6 Å². The minimum absolute atomic E-state index is 0.0184. The second kappa shape index (κ2) is 11.8. The Morgan fingerprint density at radius 3 is 2.30 bits per heavy atom. The molecule has 2 aromatic rings. The van der Waals surface area contributed by atoms with E-state index in [0.717, 1.165) is 10.5 Å². The third-order valence-electron chi connectivity index (χ3n) is 3.99. The number of aliphatic hydroxyl groups is 1. The van der Waals surface area contributed by atoms with E-state index < -0.39 is 36.7 Å². The molecule has 2 rings (SSSR count). The van der Waals surface area contributed by atoms with Gasteiger partial charge in [-0.15, -0.1) is 11.8 Å². The van der Waals surface area contributed by atoms with E-state index in [1.54, 1.807) is 48.2 Å². The number of hydrogen-bond acceptors (Lipinski definition) is 7. The van der Waals surface area contributed by atoms with Crippen LogP contribution in [-0.2, 0) is 20.9 Å². The van der Waals surface area contributed by atoms with Crippen molar-refractivity contribution in [2.24, 2.45) is 0 Å². The van der Waals surface area contributed by atoms with E-state index in [1.165, 1.54) is 6.92 Å². The van der Waals surface area contributed by atoms with Gasteiger partial charge in [-0.05, 0) is 43.0 Å². The lowest BCUT2D eigenvalue weighted by Crippen LogP contribution is -2.53. The van der Waals surface area contributed by atoms with Gasteiger partial charge in [0.25, 0.3) is 0 Å². The molecule has 0 unspecified atom stereocenters. The Labute approximate surface area is 179 Å². The maximum atomic E-state index is 12.3. The molecule has 0 fully saturated rings. The summed E-state index contributed by atoms with van der Waals surface area (Å²) in [4.78, 5) is 37.4. The Hall–Kier alpha value is -3.04. The zero-order valence-corrected chi connectivity index (χ0v) is 17.5. The van der Waals surface area contributed by atoms with Gasteiger partial charge in [-0.2, -0.15) is 0 Å². The van der Waals surface area contributed by atoms with E-state index in [9.17, 15) is 19.5 Å². The molecule has 30 heavy (non-hydrogen) atoms. The molecule has 2 amide bonds. The number of ether oxygens (including phenoxy) is 2. The van der Waals surface area contributed by atoms with Gasteiger partial charge in [0, 0.05) is 4.90 Å². The lowest BCUT2D eigenvalue weighted by atomic mass is 10.2. The topological polar surface area (TPSA) is 114 Å². The Morgan fingerprint density at radius 2 is 1.70 bits per heavy atom. The van der Waals surface area contributed by atoms with E-state index in [-0.39, 0.29) is 6.61 Å². The lowest BCUT2D eigenvalue weighted by molar-refractivity contribution is -0.139. The minimum atomic E-state index is -1.27. The molecule has 160 valence electrons. The molecular formula is C21H24N2O6S. The number of aliphatic hydroxyl groups excluding tert-OH is 1. The predicted octanol–water partition coefficient (Wildman–Crippen LogP) is 2.11. The highest BCUT2D eigenvalue weighted by Crippen LogP contribution is 2.19. The third kappa shape index (κ3) is 7.41. The first-order valence-electron chi connectivity index (χ1n) is 9.17. The normalized spacial score (nSPS) is 12.4. The Morgan fingerprint density at radius 1 is 1.03 bits per heavy atom. The van der Waals surface area contributed by atoms with E-state index >= 15 is 0 Å². The molecule has 2 atom stereocenters. The molecule has 3 N–H and O–H groups in total. The second-order valence-electron chi connectivity index (χ2n) is 6.27. The molecule has 0 bridgehead atoms. The standard InChI is InChI=1S/C21H24N2O6S/c1-14(20(26)29-16-8-10-17(30-2)11-9-16)22-19(25)18(12-24)23-21(27)28-13-15-6-4-3-5-7-15/h3-11,14,18,24H,12-13H2,1-2H3,(H,22,25)(H,23,27)/t14-,18+/m1/s1. The first-order chi connectivity index (χ1) is 14.4. The molecule has 0 aliphatic rings. The SMILES string of the molecule is CSc1ccc(OC(=O)[C@@H](C)NC(=O)[C@H](CO)NC(=O)OCc2ccccc2)cc1. The number of thioether (sulfide) groups is 1.